The minimum absolute atomic E-state index is 0.487. The molecule has 0 aliphatic carbocycles. The molecule has 0 unspecified atom stereocenters. The monoisotopic (exact) mass is 439 g/mol. The third-order valence-corrected chi connectivity index (χ3v) is 5.32. The second kappa shape index (κ2) is 10.5. The van der Waals surface area contributed by atoms with Gasteiger partial charge < -0.3 is 18.9 Å². The van der Waals surface area contributed by atoms with Crippen molar-refractivity contribution < 1.29 is 18.9 Å². The third kappa shape index (κ3) is 4.64. The molecule has 8 heteroatoms. The Morgan fingerprint density at radius 2 is 1.68 bits per heavy atom. The first-order chi connectivity index (χ1) is 15.2. The topological polar surface area (TPSA) is 66.6 Å². The Morgan fingerprint density at radius 1 is 0.935 bits per heavy atom. The van der Waals surface area contributed by atoms with Gasteiger partial charge in [0.15, 0.2) is 11.5 Å². The van der Waals surface area contributed by atoms with Crippen LogP contribution in [-0.2, 0) is 0 Å². The van der Waals surface area contributed by atoms with Crippen molar-refractivity contribution in [2.45, 2.75) is 0 Å². The molecule has 0 saturated heterocycles. The zero-order chi connectivity index (χ0) is 22.2. The molecule has 2 aromatic carbocycles. The summed E-state index contributed by atoms with van der Waals surface area (Å²) in [4.78, 5) is 5.31. The van der Waals surface area contributed by atoms with E-state index in [-0.39, 0.29) is 0 Å². The summed E-state index contributed by atoms with van der Waals surface area (Å²) in [5.74, 6) is 2.37. The number of aromatic nitrogens is 1. The van der Waals surface area contributed by atoms with Gasteiger partial charge in [-0.15, -0.1) is 17.9 Å². The van der Waals surface area contributed by atoms with Crippen LogP contribution in [0.1, 0.15) is 5.56 Å². The molecule has 0 saturated carbocycles. The van der Waals surface area contributed by atoms with E-state index in [1.165, 1.54) is 11.3 Å². The molecule has 0 aliphatic rings. The van der Waals surface area contributed by atoms with Crippen LogP contribution < -0.4 is 23.7 Å². The molecule has 0 aliphatic heterocycles. The van der Waals surface area contributed by atoms with Gasteiger partial charge in [0.2, 0.25) is 10.6 Å². The number of ether oxygens (including phenoxy) is 4. The maximum Gasteiger partial charge on any atom is 0.206 e. The van der Waals surface area contributed by atoms with Crippen molar-refractivity contribution in [3.63, 3.8) is 0 Å². The van der Waals surface area contributed by atoms with Gasteiger partial charge >= 0.3 is 0 Å². The van der Waals surface area contributed by atoms with Crippen LogP contribution in [-0.4, -0.2) is 45.9 Å². The molecule has 0 N–H and O–H groups in total. The van der Waals surface area contributed by atoms with E-state index in [1.54, 1.807) is 45.4 Å². The normalized spacial score (nSPS) is 11.5. The van der Waals surface area contributed by atoms with E-state index in [0.717, 1.165) is 27.4 Å². The van der Waals surface area contributed by atoms with E-state index in [2.05, 4.69) is 11.6 Å². The SMILES string of the molecule is C=CCN=c1scc(-c2ccccc2OC)n1N=Cc1ccc(OC)c(OC)c1OC. The van der Waals surface area contributed by atoms with Crippen LogP contribution >= 0.6 is 11.3 Å². The van der Waals surface area contributed by atoms with Gasteiger partial charge in [0.1, 0.15) is 5.75 Å². The lowest BCUT2D eigenvalue weighted by molar-refractivity contribution is 0.324. The van der Waals surface area contributed by atoms with Crippen molar-refractivity contribution >= 4 is 17.6 Å². The van der Waals surface area contributed by atoms with Gasteiger partial charge in [0.05, 0.1) is 46.9 Å². The number of nitrogens with zero attached hydrogens (tertiary/aromatic N) is 3. The molecule has 0 radical (unpaired) electrons. The van der Waals surface area contributed by atoms with Gasteiger partial charge in [0, 0.05) is 16.5 Å². The number of thiazole rings is 1. The van der Waals surface area contributed by atoms with Crippen molar-refractivity contribution in [1.82, 2.24) is 4.68 Å². The summed E-state index contributed by atoms with van der Waals surface area (Å²) >= 11 is 1.49. The van der Waals surface area contributed by atoms with Gasteiger partial charge in [-0.2, -0.15) is 5.10 Å². The molecule has 0 bridgehead atoms. The maximum absolute atomic E-state index is 5.57. The maximum atomic E-state index is 5.57. The Morgan fingerprint density at radius 3 is 2.35 bits per heavy atom. The van der Waals surface area contributed by atoms with Crippen LogP contribution in [0.4, 0.5) is 0 Å². The first kappa shape index (κ1) is 22.2. The molecule has 0 fully saturated rings. The van der Waals surface area contributed by atoms with E-state index in [4.69, 9.17) is 24.0 Å². The average molecular weight is 440 g/mol. The standard InChI is InChI=1S/C23H25N3O4S/c1-6-13-24-23-26(18(15-31-23)17-9-7-8-10-19(17)27-2)25-14-16-11-12-20(28-3)22(30-5)21(16)29-4/h6-12,14-15H,1,13H2,2-5H3. The fourth-order valence-electron chi connectivity index (χ4n) is 3.05. The second-order valence-corrected chi connectivity index (χ2v) is 7.05. The van der Waals surface area contributed by atoms with E-state index >= 15 is 0 Å². The van der Waals surface area contributed by atoms with Crippen molar-refractivity contribution in [2.75, 3.05) is 35.0 Å². The summed E-state index contributed by atoms with van der Waals surface area (Å²) in [5, 5.41) is 6.73. The number of hydrogen-bond acceptors (Lipinski definition) is 7. The predicted octanol–water partition coefficient (Wildman–Crippen LogP) is 4.22. The molecule has 1 aromatic heterocycles. The van der Waals surface area contributed by atoms with Crippen LogP contribution in [0, 0.1) is 0 Å². The average Bonchev–Trinajstić information content (AvgIpc) is 3.22. The van der Waals surface area contributed by atoms with Gasteiger partial charge in [-0.25, -0.2) is 4.68 Å². The van der Waals surface area contributed by atoms with Gasteiger partial charge in [-0.05, 0) is 24.3 Å². The molecule has 31 heavy (non-hydrogen) atoms. The highest BCUT2D eigenvalue weighted by Crippen LogP contribution is 2.39. The lowest BCUT2D eigenvalue weighted by atomic mass is 10.1. The number of hydrogen-bond donors (Lipinski definition) is 0. The smallest absolute Gasteiger partial charge is 0.206 e. The third-order valence-electron chi connectivity index (χ3n) is 4.47. The van der Waals surface area contributed by atoms with E-state index in [0.29, 0.717) is 23.8 Å². The van der Waals surface area contributed by atoms with Gasteiger partial charge in [0.25, 0.3) is 0 Å². The lowest BCUT2D eigenvalue weighted by Crippen LogP contribution is -2.13. The van der Waals surface area contributed by atoms with Gasteiger partial charge in [-0.3, -0.25) is 4.99 Å². The summed E-state index contributed by atoms with van der Waals surface area (Å²) in [6.45, 7) is 4.24. The molecule has 3 aromatic rings. The van der Waals surface area contributed by atoms with Crippen LogP contribution in [0.2, 0.25) is 0 Å². The first-order valence-corrected chi connectivity index (χ1v) is 10.3. The summed E-state index contributed by atoms with van der Waals surface area (Å²) < 4.78 is 23.7. The quantitative estimate of drug-likeness (QED) is 0.370. The van der Waals surface area contributed by atoms with Crippen LogP contribution in [0.25, 0.3) is 11.3 Å². The number of rotatable bonds is 9. The fourth-order valence-corrected chi connectivity index (χ4v) is 3.89. The Labute approximate surface area is 185 Å². The second-order valence-electron chi connectivity index (χ2n) is 6.21. The minimum atomic E-state index is 0.487. The van der Waals surface area contributed by atoms with Crippen LogP contribution in [0.3, 0.4) is 0 Å². The lowest BCUT2D eigenvalue weighted by Gasteiger charge is -2.14. The molecule has 0 atom stereocenters. The van der Waals surface area contributed by atoms with Crippen LogP contribution in [0.15, 0.2) is 64.5 Å². The Kier molecular flexibility index (Phi) is 7.50. The molecular formula is C23H25N3O4S. The Hall–Kier alpha value is -3.52. The largest absolute Gasteiger partial charge is 0.496 e. The molecule has 0 spiro atoms. The van der Waals surface area contributed by atoms with E-state index in [9.17, 15) is 0 Å². The fraction of sp³-hybridized carbons (Fsp3) is 0.217. The highest BCUT2D eigenvalue weighted by atomic mass is 32.1. The van der Waals surface area contributed by atoms with Crippen LogP contribution in [0.5, 0.6) is 23.0 Å². The Bertz CT molecular complexity index is 1150. The van der Waals surface area contributed by atoms with E-state index in [1.807, 2.05) is 41.8 Å². The summed E-state index contributed by atoms with van der Waals surface area (Å²) in [5.41, 5.74) is 2.51. The van der Waals surface area contributed by atoms with Gasteiger partial charge in [-0.1, -0.05) is 18.2 Å². The minimum Gasteiger partial charge on any atom is -0.496 e. The number of benzene rings is 2. The summed E-state index contributed by atoms with van der Waals surface area (Å²) in [7, 11) is 6.38. The first-order valence-electron chi connectivity index (χ1n) is 9.47. The van der Waals surface area contributed by atoms with Crippen molar-refractivity contribution in [3.05, 3.63) is 64.8 Å². The number of methoxy groups -OCH3 is 4. The molecular weight excluding hydrogens is 414 g/mol. The molecule has 7 nitrogen and oxygen atoms in total. The summed E-state index contributed by atoms with van der Waals surface area (Å²) in [6, 6.07) is 11.5. The molecule has 3 rings (SSSR count). The van der Waals surface area contributed by atoms with Crippen molar-refractivity contribution in [2.24, 2.45) is 10.1 Å². The van der Waals surface area contributed by atoms with E-state index < -0.39 is 0 Å². The van der Waals surface area contributed by atoms with Crippen molar-refractivity contribution in [1.29, 1.82) is 0 Å². The molecule has 162 valence electrons. The zero-order valence-corrected chi connectivity index (χ0v) is 18.8. The predicted molar refractivity (Wildman–Crippen MR) is 124 cm³/mol. The highest BCUT2D eigenvalue weighted by molar-refractivity contribution is 7.07. The summed E-state index contributed by atoms with van der Waals surface area (Å²) in [6.07, 6.45) is 3.45. The molecule has 1 heterocycles. The zero-order valence-electron chi connectivity index (χ0n) is 18.0. The Balaban J connectivity index is 2.16. The molecule has 0 amide bonds. The number of para-hydroxylation sites is 1. The highest BCUT2D eigenvalue weighted by Gasteiger charge is 2.16. The van der Waals surface area contributed by atoms with Crippen molar-refractivity contribution in [3.8, 4) is 34.3 Å².